The molecule has 1 amide bonds. The van der Waals surface area contributed by atoms with Crippen molar-refractivity contribution in [3.63, 3.8) is 0 Å². The number of nitrogens with zero attached hydrogens (tertiary/aromatic N) is 1. The molecule has 2 heterocycles. The number of carbonyl (C=O) groups is 2. The largest absolute Gasteiger partial charge is 0.504 e. The first-order valence-corrected chi connectivity index (χ1v) is 11.0. The van der Waals surface area contributed by atoms with Crippen LogP contribution in [0.4, 0.5) is 0 Å². The molecule has 172 valence electrons. The SMILES string of the molecule is CCOc1cc([C@H]2c3c(oc4ccccc4c3=O)C(=O)N2CCCCCC(=O)O)ccc1O. The van der Waals surface area contributed by atoms with Crippen molar-refractivity contribution in [1.29, 1.82) is 0 Å². The maximum Gasteiger partial charge on any atom is 0.303 e. The Bertz CT molecular complexity index is 1260. The fourth-order valence-corrected chi connectivity index (χ4v) is 4.25. The van der Waals surface area contributed by atoms with Crippen LogP contribution in [0, 0.1) is 0 Å². The molecule has 0 spiro atoms. The van der Waals surface area contributed by atoms with Gasteiger partial charge in [0.15, 0.2) is 16.9 Å². The Balaban J connectivity index is 1.77. The zero-order valence-electron chi connectivity index (χ0n) is 18.2. The van der Waals surface area contributed by atoms with Crippen LogP contribution in [0.1, 0.15) is 60.3 Å². The normalized spacial score (nSPS) is 15.1. The quantitative estimate of drug-likeness (QED) is 0.471. The molecule has 0 saturated carbocycles. The fourth-order valence-electron chi connectivity index (χ4n) is 4.25. The highest BCUT2D eigenvalue weighted by Crippen LogP contribution is 2.40. The zero-order valence-corrected chi connectivity index (χ0v) is 18.2. The van der Waals surface area contributed by atoms with E-state index in [1.165, 1.54) is 6.07 Å². The topological polar surface area (TPSA) is 117 Å². The molecule has 8 heteroatoms. The third-order valence-corrected chi connectivity index (χ3v) is 5.76. The van der Waals surface area contributed by atoms with Gasteiger partial charge < -0.3 is 24.3 Å². The molecule has 1 aromatic heterocycles. The number of ether oxygens (including phenoxy) is 1. The Morgan fingerprint density at radius 3 is 2.67 bits per heavy atom. The summed E-state index contributed by atoms with van der Waals surface area (Å²) in [5.41, 5.74) is 0.954. The van der Waals surface area contributed by atoms with Gasteiger partial charge in [0.2, 0.25) is 5.76 Å². The molecular weight excluding hydrogens is 426 g/mol. The monoisotopic (exact) mass is 451 g/mol. The molecule has 3 aromatic rings. The van der Waals surface area contributed by atoms with E-state index in [-0.39, 0.29) is 40.6 Å². The molecule has 33 heavy (non-hydrogen) atoms. The predicted molar refractivity (Wildman–Crippen MR) is 121 cm³/mol. The zero-order chi connectivity index (χ0) is 23.5. The Morgan fingerprint density at radius 1 is 1.12 bits per heavy atom. The summed E-state index contributed by atoms with van der Waals surface area (Å²) in [4.78, 5) is 39.1. The molecule has 0 bridgehead atoms. The van der Waals surface area contributed by atoms with E-state index in [4.69, 9.17) is 14.3 Å². The number of hydrogen-bond acceptors (Lipinski definition) is 6. The summed E-state index contributed by atoms with van der Waals surface area (Å²) >= 11 is 0. The molecule has 1 aliphatic heterocycles. The maximum atomic E-state index is 13.4. The highest BCUT2D eigenvalue weighted by Gasteiger charge is 2.42. The predicted octanol–water partition coefficient (Wildman–Crippen LogP) is 4.09. The average molecular weight is 451 g/mol. The second-order valence-corrected chi connectivity index (χ2v) is 7.94. The number of phenols is 1. The number of unbranched alkanes of at least 4 members (excludes halogenated alkanes) is 2. The Morgan fingerprint density at radius 2 is 1.91 bits per heavy atom. The second kappa shape index (κ2) is 9.36. The third kappa shape index (κ3) is 4.28. The average Bonchev–Trinajstić information content (AvgIpc) is 3.07. The van der Waals surface area contributed by atoms with Crippen LogP contribution in [-0.2, 0) is 4.79 Å². The number of benzene rings is 2. The number of para-hydroxylation sites is 1. The van der Waals surface area contributed by atoms with Crippen LogP contribution < -0.4 is 10.2 Å². The van der Waals surface area contributed by atoms with Gasteiger partial charge in [-0.2, -0.15) is 0 Å². The Labute approximate surface area is 190 Å². The van der Waals surface area contributed by atoms with Gasteiger partial charge in [0.25, 0.3) is 5.91 Å². The number of rotatable bonds is 9. The van der Waals surface area contributed by atoms with Crippen molar-refractivity contribution in [2.45, 2.75) is 38.6 Å². The molecule has 2 N–H and O–H groups in total. The van der Waals surface area contributed by atoms with E-state index in [2.05, 4.69) is 0 Å². The highest BCUT2D eigenvalue weighted by atomic mass is 16.5. The van der Waals surface area contributed by atoms with Crippen LogP contribution in [0.25, 0.3) is 11.0 Å². The molecule has 0 aliphatic carbocycles. The molecule has 0 unspecified atom stereocenters. The van der Waals surface area contributed by atoms with Crippen molar-refractivity contribution in [2.24, 2.45) is 0 Å². The Hall–Kier alpha value is -3.81. The first-order valence-electron chi connectivity index (χ1n) is 11.0. The van der Waals surface area contributed by atoms with E-state index >= 15 is 0 Å². The number of carbonyl (C=O) groups excluding carboxylic acids is 1. The van der Waals surface area contributed by atoms with E-state index in [0.717, 1.165) is 0 Å². The lowest BCUT2D eigenvalue weighted by atomic mass is 9.98. The van der Waals surface area contributed by atoms with Gasteiger partial charge in [-0.3, -0.25) is 14.4 Å². The van der Waals surface area contributed by atoms with Crippen molar-refractivity contribution >= 4 is 22.8 Å². The minimum absolute atomic E-state index is 0.0141. The van der Waals surface area contributed by atoms with Crippen molar-refractivity contribution in [1.82, 2.24) is 4.90 Å². The molecule has 0 radical (unpaired) electrons. The summed E-state index contributed by atoms with van der Waals surface area (Å²) in [5, 5.41) is 19.4. The number of aromatic hydroxyl groups is 1. The number of carboxylic acids is 1. The van der Waals surface area contributed by atoms with Gasteiger partial charge in [0.05, 0.1) is 23.6 Å². The van der Waals surface area contributed by atoms with Crippen molar-refractivity contribution < 1.29 is 29.0 Å². The number of aliphatic carboxylic acids is 1. The summed E-state index contributed by atoms with van der Waals surface area (Å²) in [6.45, 7) is 2.47. The molecule has 1 atom stereocenters. The summed E-state index contributed by atoms with van der Waals surface area (Å²) in [5.74, 6) is -0.993. The first kappa shape index (κ1) is 22.4. The molecule has 4 rings (SSSR count). The van der Waals surface area contributed by atoms with Crippen molar-refractivity contribution in [3.05, 3.63) is 69.6 Å². The molecule has 0 fully saturated rings. The lowest BCUT2D eigenvalue weighted by Crippen LogP contribution is -2.30. The van der Waals surface area contributed by atoms with Crippen LogP contribution in [0.15, 0.2) is 51.7 Å². The molecule has 2 aromatic carbocycles. The van der Waals surface area contributed by atoms with E-state index in [1.807, 2.05) is 0 Å². The second-order valence-electron chi connectivity index (χ2n) is 7.94. The van der Waals surface area contributed by atoms with Gasteiger partial charge >= 0.3 is 5.97 Å². The number of carboxylic acid groups (broad SMARTS) is 1. The van der Waals surface area contributed by atoms with E-state index in [1.54, 1.807) is 48.2 Å². The van der Waals surface area contributed by atoms with E-state index < -0.39 is 12.0 Å². The van der Waals surface area contributed by atoms with Crippen LogP contribution in [0.5, 0.6) is 11.5 Å². The van der Waals surface area contributed by atoms with Crippen LogP contribution in [0.3, 0.4) is 0 Å². The number of amides is 1. The Kier molecular flexibility index (Phi) is 6.35. The minimum atomic E-state index is -0.855. The first-order chi connectivity index (χ1) is 15.9. The number of hydrogen-bond donors (Lipinski definition) is 2. The van der Waals surface area contributed by atoms with Crippen LogP contribution in [0.2, 0.25) is 0 Å². The molecule has 1 aliphatic rings. The fraction of sp³-hybridized carbons (Fsp3) is 0.320. The summed E-state index contributed by atoms with van der Waals surface area (Å²) < 4.78 is 11.4. The number of phenolic OH excluding ortho intramolecular Hbond substituents is 1. The lowest BCUT2D eigenvalue weighted by molar-refractivity contribution is -0.137. The molecule has 0 saturated heterocycles. The van der Waals surface area contributed by atoms with Gasteiger partial charge in [0, 0.05) is 13.0 Å². The summed E-state index contributed by atoms with van der Waals surface area (Å²) in [6.07, 6.45) is 1.78. The van der Waals surface area contributed by atoms with Gasteiger partial charge in [-0.15, -0.1) is 0 Å². The van der Waals surface area contributed by atoms with Gasteiger partial charge in [-0.1, -0.05) is 24.6 Å². The van der Waals surface area contributed by atoms with Gasteiger partial charge in [-0.05, 0) is 49.6 Å². The lowest BCUT2D eigenvalue weighted by Gasteiger charge is -2.25. The van der Waals surface area contributed by atoms with Crippen LogP contribution in [-0.4, -0.2) is 40.1 Å². The van der Waals surface area contributed by atoms with E-state index in [0.29, 0.717) is 48.9 Å². The highest BCUT2D eigenvalue weighted by molar-refractivity contribution is 5.99. The summed E-state index contributed by atoms with van der Waals surface area (Å²) in [6, 6.07) is 10.9. The van der Waals surface area contributed by atoms with Gasteiger partial charge in [-0.25, -0.2) is 0 Å². The molecular formula is C25H25NO7. The maximum absolute atomic E-state index is 13.4. The van der Waals surface area contributed by atoms with Gasteiger partial charge in [0.1, 0.15) is 5.58 Å². The molecule has 8 nitrogen and oxygen atoms in total. The standard InChI is InChI=1S/C25H25NO7/c1-2-32-19-14-15(11-12-17(19)27)22-21-23(30)16-8-5-6-9-18(16)33-24(21)25(31)26(22)13-7-3-4-10-20(28)29/h5-6,8-9,11-12,14,22,27H,2-4,7,10,13H2,1H3,(H,28,29)/t22-/m0/s1. The van der Waals surface area contributed by atoms with Crippen molar-refractivity contribution in [2.75, 3.05) is 13.2 Å². The number of fused-ring (bicyclic) bond motifs is 2. The smallest absolute Gasteiger partial charge is 0.303 e. The van der Waals surface area contributed by atoms with Crippen molar-refractivity contribution in [3.8, 4) is 11.5 Å². The van der Waals surface area contributed by atoms with E-state index in [9.17, 15) is 19.5 Å². The summed E-state index contributed by atoms with van der Waals surface area (Å²) in [7, 11) is 0. The third-order valence-electron chi connectivity index (χ3n) is 5.76. The minimum Gasteiger partial charge on any atom is -0.504 e. The van der Waals surface area contributed by atoms with Crippen LogP contribution >= 0.6 is 0 Å².